The molecule has 0 aliphatic rings. The second-order valence-electron chi connectivity index (χ2n) is 2.65. The van der Waals surface area contributed by atoms with Crippen LogP contribution in [0.25, 0.3) is 0 Å². The summed E-state index contributed by atoms with van der Waals surface area (Å²) < 4.78 is 28.3. The van der Waals surface area contributed by atoms with E-state index in [0.717, 1.165) is 4.47 Å². The number of ether oxygens (including phenoxy) is 1. The molecule has 0 heterocycles. The van der Waals surface area contributed by atoms with E-state index in [1.54, 1.807) is 24.3 Å². The first kappa shape index (κ1) is 11.8. The minimum atomic E-state index is -1.96. The molecular weight excluding hydrogens is 270 g/mol. The Morgan fingerprint density at radius 3 is 2.47 bits per heavy atom. The fourth-order valence-corrected chi connectivity index (χ4v) is 1.16. The van der Waals surface area contributed by atoms with Crippen molar-refractivity contribution < 1.29 is 18.3 Å². The molecule has 0 bridgehead atoms. The van der Waals surface area contributed by atoms with Crippen LogP contribution in [0.3, 0.4) is 0 Å². The number of hydrogen-bond acceptors (Lipinski definition) is 2. The van der Waals surface area contributed by atoms with Crippen LogP contribution in [0.15, 0.2) is 41.1 Å². The van der Waals surface area contributed by atoms with Crippen molar-refractivity contribution in [1.82, 2.24) is 0 Å². The molecule has 0 amide bonds. The Labute approximate surface area is 93.7 Å². The molecule has 0 radical (unpaired) electrons. The van der Waals surface area contributed by atoms with Gasteiger partial charge >= 0.3 is 6.08 Å². The lowest BCUT2D eigenvalue weighted by molar-refractivity contribution is 0.0879. The van der Waals surface area contributed by atoms with Crippen LogP contribution in [0.1, 0.15) is 10.4 Å². The standard InChI is InChI=1S/C10H7BrF2O2/c11-8-3-1-7(2-4-8)9(14)5-15-6-10(12)13/h1-4,6H,5H2. The van der Waals surface area contributed by atoms with Crippen molar-refractivity contribution in [2.45, 2.75) is 0 Å². The molecular formula is C10H7BrF2O2. The maximum Gasteiger partial charge on any atom is 0.304 e. The average Bonchev–Trinajstić information content (AvgIpc) is 2.18. The first-order chi connectivity index (χ1) is 7.09. The number of hydrogen-bond donors (Lipinski definition) is 0. The zero-order valence-corrected chi connectivity index (χ0v) is 9.13. The molecule has 2 nitrogen and oxygen atoms in total. The fraction of sp³-hybridized carbons (Fsp3) is 0.100. The van der Waals surface area contributed by atoms with Gasteiger partial charge in [-0.15, -0.1) is 0 Å². The van der Waals surface area contributed by atoms with E-state index in [1.165, 1.54) is 0 Å². The van der Waals surface area contributed by atoms with Crippen molar-refractivity contribution in [3.05, 3.63) is 46.6 Å². The van der Waals surface area contributed by atoms with E-state index in [-0.39, 0.29) is 18.7 Å². The summed E-state index contributed by atoms with van der Waals surface area (Å²) >= 11 is 3.22. The molecule has 80 valence electrons. The van der Waals surface area contributed by atoms with Crippen LogP contribution < -0.4 is 0 Å². The van der Waals surface area contributed by atoms with Crippen LogP contribution >= 0.6 is 15.9 Å². The summed E-state index contributed by atoms with van der Waals surface area (Å²) in [7, 11) is 0. The van der Waals surface area contributed by atoms with Gasteiger partial charge in [0.2, 0.25) is 0 Å². The van der Waals surface area contributed by atoms with Gasteiger partial charge in [0.15, 0.2) is 12.4 Å². The van der Waals surface area contributed by atoms with Gasteiger partial charge in [-0.25, -0.2) is 0 Å². The molecule has 0 fully saturated rings. The number of Topliss-reactive ketones (excluding diaryl/α,β-unsaturated/α-hetero) is 1. The predicted octanol–water partition coefficient (Wildman–Crippen LogP) is 3.39. The summed E-state index contributed by atoms with van der Waals surface area (Å²) in [6.07, 6.45) is -1.70. The van der Waals surface area contributed by atoms with Crippen LogP contribution in [0.4, 0.5) is 8.78 Å². The minimum absolute atomic E-state index is 0.261. The summed E-state index contributed by atoms with van der Waals surface area (Å²) in [5, 5.41) is 0. The molecule has 0 spiro atoms. The Hall–Kier alpha value is -1.23. The molecule has 0 aliphatic carbocycles. The summed E-state index contributed by atoms with van der Waals surface area (Å²) in [6.45, 7) is -0.390. The van der Waals surface area contributed by atoms with Gasteiger partial charge in [0.25, 0.3) is 0 Å². The van der Waals surface area contributed by atoms with Gasteiger partial charge in [0.1, 0.15) is 6.26 Å². The molecule has 0 aromatic heterocycles. The zero-order chi connectivity index (χ0) is 11.3. The Morgan fingerprint density at radius 1 is 1.33 bits per heavy atom. The summed E-state index contributed by atoms with van der Waals surface area (Å²) in [6, 6.07) is 6.56. The van der Waals surface area contributed by atoms with Crippen LogP contribution in [0, 0.1) is 0 Å². The van der Waals surface area contributed by atoms with Crippen LogP contribution in [-0.4, -0.2) is 12.4 Å². The van der Waals surface area contributed by atoms with E-state index in [0.29, 0.717) is 5.56 Å². The monoisotopic (exact) mass is 276 g/mol. The van der Waals surface area contributed by atoms with Gasteiger partial charge < -0.3 is 4.74 Å². The maximum absolute atomic E-state index is 11.6. The summed E-state index contributed by atoms with van der Waals surface area (Å²) in [4.78, 5) is 11.3. The molecule has 0 atom stereocenters. The highest BCUT2D eigenvalue weighted by molar-refractivity contribution is 9.10. The average molecular weight is 277 g/mol. The Bertz CT molecular complexity index is 370. The van der Waals surface area contributed by atoms with Crippen molar-refractivity contribution in [3.63, 3.8) is 0 Å². The highest BCUT2D eigenvalue weighted by Crippen LogP contribution is 2.11. The van der Waals surface area contributed by atoms with Gasteiger partial charge in [-0.1, -0.05) is 28.1 Å². The zero-order valence-electron chi connectivity index (χ0n) is 7.54. The van der Waals surface area contributed by atoms with Crippen molar-refractivity contribution in [2.24, 2.45) is 0 Å². The Kier molecular flexibility index (Phi) is 4.42. The van der Waals surface area contributed by atoms with E-state index in [4.69, 9.17) is 0 Å². The second kappa shape index (κ2) is 5.60. The molecule has 5 heteroatoms. The molecule has 1 aromatic carbocycles. The molecule has 0 unspecified atom stereocenters. The van der Waals surface area contributed by atoms with Gasteiger partial charge in [0, 0.05) is 10.0 Å². The topological polar surface area (TPSA) is 26.3 Å². The molecule has 0 saturated heterocycles. The van der Waals surface area contributed by atoms with Crippen molar-refractivity contribution in [3.8, 4) is 0 Å². The Morgan fingerprint density at radius 2 is 1.93 bits per heavy atom. The van der Waals surface area contributed by atoms with Gasteiger partial charge in [-0.3, -0.25) is 4.79 Å². The quantitative estimate of drug-likeness (QED) is 0.623. The summed E-state index contributed by atoms with van der Waals surface area (Å²) in [5.74, 6) is -0.347. The van der Waals surface area contributed by atoms with Crippen LogP contribution in [-0.2, 0) is 4.74 Å². The number of carbonyl (C=O) groups is 1. The lowest BCUT2D eigenvalue weighted by atomic mass is 10.1. The highest BCUT2D eigenvalue weighted by Gasteiger charge is 2.05. The van der Waals surface area contributed by atoms with E-state index < -0.39 is 6.08 Å². The smallest absolute Gasteiger partial charge is 0.304 e. The molecule has 1 rings (SSSR count). The maximum atomic E-state index is 11.6. The number of ketones is 1. The molecule has 0 aliphatic heterocycles. The van der Waals surface area contributed by atoms with E-state index in [1.807, 2.05) is 0 Å². The van der Waals surface area contributed by atoms with Crippen molar-refractivity contribution >= 4 is 21.7 Å². The first-order valence-electron chi connectivity index (χ1n) is 4.01. The third kappa shape index (κ3) is 4.20. The van der Waals surface area contributed by atoms with E-state index in [9.17, 15) is 13.6 Å². The number of rotatable bonds is 4. The van der Waals surface area contributed by atoms with E-state index in [2.05, 4.69) is 20.7 Å². The molecule has 0 N–H and O–H groups in total. The SMILES string of the molecule is O=C(COC=C(F)F)c1ccc(Br)cc1. The third-order valence-corrected chi connectivity index (χ3v) is 2.08. The predicted molar refractivity (Wildman–Crippen MR) is 54.7 cm³/mol. The van der Waals surface area contributed by atoms with Crippen molar-refractivity contribution in [1.29, 1.82) is 0 Å². The Balaban J connectivity index is 2.54. The highest BCUT2D eigenvalue weighted by atomic mass is 79.9. The summed E-state index contributed by atoms with van der Waals surface area (Å²) in [5.41, 5.74) is 0.422. The lowest BCUT2D eigenvalue weighted by Gasteiger charge is -2.00. The number of carbonyl (C=O) groups excluding carboxylic acids is 1. The molecule has 0 saturated carbocycles. The molecule has 1 aromatic rings. The molecule has 15 heavy (non-hydrogen) atoms. The van der Waals surface area contributed by atoms with Gasteiger partial charge in [-0.2, -0.15) is 8.78 Å². The normalized spacial score (nSPS) is 9.53. The van der Waals surface area contributed by atoms with Crippen LogP contribution in [0.5, 0.6) is 0 Å². The minimum Gasteiger partial charge on any atom is -0.487 e. The van der Waals surface area contributed by atoms with E-state index >= 15 is 0 Å². The van der Waals surface area contributed by atoms with Crippen molar-refractivity contribution in [2.75, 3.05) is 6.61 Å². The number of benzene rings is 1. The second-order valence-corrected chi connectivity index (χ2v) is 3.56. The third-order valence-electron chi connectivity index (χ3n) is 1.55. The van der Waals surface area contributed by atoms with Gasteiger partial charge in [0.05, 0.1) is 0 Å². The fourth-order valence-electron chi connectivity index (χ4n) is 0.899. The lowest BCUT2D eigenvalue weighted by Crippen LogP contribution is -2.06. The number of halogens is 3. The van der Waals surface area contributed by atoms with Gasteiger partial charge in [-0.05, 0) is 12.1 Å². The largest absolute Gasteiger partial charge is 0.487 e. The van der Waals surface area contributed by atoms with Crippen LogP contribution in [0.2, 0.25) is 0 Å². The first-order valence-corrected chi connectivity index (χ1v) is 4.80.